The minimum absolute atomic E-state index is 0.0709. The van der Waals surface area contributed by atoms with Crippen molar-refractivity contribution < 1.29 is 8.42 Å². The van der Waals surface area contributed by atoms with E-state index in [1.54, 1.807) is 0 Å². The summed E-state index contributed by atoms with van der Waals surface area (Å²) in [7, 11) is -3.33. The van der Waals surface area contributed by atoms with E-state index in [1.165, 1.54) is 12.4 Å². The molecule has 0 N–H and O–H groups in total. The molecule has 6 heteroatoms. The predicted octanol–water partition coefficient (Wildman–Crippen LogP) is 1.44. The summed E-state index contributed by atoms with van der Waals surface area (Å²) < 4.78 is 23.2. The molecule has 84 valence electrons. The zero-order chi connectivity index (χ0) is 11.3. The van der Waals surface area contributed by atoms with Crippen LogP contribution in [0.1, 0.15) is 19.0 Å². The van der Waals surface area contributed by atoms with Gasteiger partial charge in [-0.3, -0.25) is 0 Å². The zero-order valence-electron chi connectivity index (χ0n) is 8.48. The highest BCUT2D eigenvalue weighted by Gasteiger charge is 2.15. The van der Waals surface area contributed by atoms with Gasteiger partial charge in [0, 0.05) is 11.6 Å². The number of rotatable bonds is 5. The van der Waals surface area contributed by atoms with Crippen LogP contribution in [-0.2, 0) is 16.3 Å². The molecule has 15 heavy (non-hydrogen) atoms. The highest BCUT2D eigenvalue weighted by Crippen LogP contribution is 2.09. The molecule has 4 nitrogen and oxygen atoms in total. The summed E-state index contributed by atoms with van der Waals surface area (Å²) in [5, 5.41) is 0.0709. The van der Waals surface area contributed by atoms with Crippen LogP contribution in [0.25, 0.3) is 0 Å². The summed E-state index contributed by atoms with van der Waals surface area (Å²) in [6, 6.07) is 1.52. The van der Waals surface area contributed by atoms with E-state index in [4.69, 9.17) is 11.6 Å². The van der Waals surface area contributed by atoms with E-state index in [1.807, 2.05) is 6.92 Å². The Morgan fingerprint density at radius 2 is 2.13 bits per heavy atom. The van der Waals surface area contributed by atoms with E-state index in [0.717, 1.165) is 18.5 Å². The van der Waals surface area contributed by atoms with Crippen LogP contribution in [0.15, 0.2) is 17.4 Å². The number of alkyl halides is 1. The molecule has 1 heterocycles. The van der Waals surface area contributed by atoms with Crippen molar-refractivity contribution in [1.29, 1.82) is 0 Å². The molecule has 1 rings (SSSR count). The van der Waals surface area contributed by atoms with Crippen LogP contribution in [0.2, 0.25) is 0 Å². The fourth-order valence-corrected chi connectivity index (χ4v) is 2.69. The molecule has 1 aromatic heterocycles. The van der Waals surface area contributed by atoms with Crippen molar-refractivity contribution in [3.8, 4) is 0 Å². The van der Waals surface area contributed by atoms with Crippen molar-refractivity contribution in [3.05, 3.63) is 18.1 Å². The Morgan fingerprint density at radius 3 is 2.73 bits per heavy atom. The first-order chi connectivity index (χ1) is 7.10. The maximum absolute atomic E-state index is 11.6. The minimum Gasteiger partial charge on any atom is -0.241 e. The van der Waals surface area contributed by atoms with Gasteiger partial charge in [0.05, 0.1) is 5.75 Å². The van der Waals surface area contributed by atoms with Crippen molar-refractivity contribution >= 4 is 21.4 Å². The van der Waals surface area contributed by atoms with Gasteiger partial charge in [-0.25, -0.2) is 18.4 Å². The Labute approximate surface area is 94.6 Å². The fraction of sp³-hybridized carbons (Fsp3) is 0.556. The molecule has 0 saturated carbocycles. The average Bonchev–Trinajstić information content (AvgIpc) is 2.19. The highest BCUT2D eigenvalue weighted by molar-refractivity contribution is 7.91. The Bertz CT molecular complexity index is 420. The van der Waals surface area contributed by atoms with Crippen molar-refractivity contribution in [2.24, 2.45) is 0 Å². The number of hydrogen-bond acceptors (Lipinski definition) is 4. The van der Waals surface area contributed by atoms with Crippen LogP contribution in [0.5, 0.6) is 0 Å². The third-order valence-electron chi connectivity index (χ3n) is 1.87. The number of nitrogens with zero attached hydrogens (tertiary/aromatic N) is 2. The number of sulfone groups is 1. The van der Waals surface area contributed by atoms with Gasteiger partial charge in [0.1, 0.15) is 6.33 Å². The lowest BCUT2D eigenvalue weighted by atomic mass is 10.2. The van der Waals surface area contributed by atoms with Gasteiger partial charge in [0.25, 0.3) is 0 Å². The van der Waals surface area contributed by atoms with Gasteiger partial charge in [-0.1, -0.05) is 13.3 Å². The van der Waals surface area contributed by atoms with Crippen LogP contribution in [0, 0.1) is 0 Å². The molecule has 0 spiro atoms. The van der Waals surface area contributed by atoms with Gasteiger partial charge in [0.15, 0.2) is 14.9 Å². The van der Waals surface area contributed by atoms with Crippen molar-refractivity contribution in [3.63, 3.8) is 0 Å². The van der Waals surface area contributed by atoms with Crippen LogP contribution in [0.4, 0.5) is 0 Å². The monoisotopic (exact) mass is 248 g/mol. The number of hydrogen-bond donors (Lipinski definition) is 0. The second kappa shape index (κ2) is 5.42. The Hall–Kier alpha value is -0.680. The second-order valence-electron chi connectivity index (χ2n) is 3.11. The van der Waals surface area contributed by atoms with Gasteiger partial charge in [-0.15, -0.1) is 11.6 Å². The second-order valence-corrected chi connectivity index (χ2v) is 5.54. The standard InChI is InChI=1S/C9H13ClN2O2S/c1-2-3-8-6-9(12-7-11-8)15(13,14)5-4-10/h6-7H,2-5H2,1H3. The van der Waals surface area contributed by atoms with Gasteiger partial charge in [-0.2, -0.15) is 0 Å². The molecule has 1 aromatic rings. The summed E-state index contributed by atoms with van der Waals surface area (Å²) in [4.78, 5) is 7.75. The third-order valence-corrected chi connectivity index (χ3v) is 3.88. The predicted molar refractivity (Wildman–Crippen MR) is 58.8 cm³/mol. The lowest BCUT2D eigenvalue weighted by Gasteiger charge is -2.02. The van der Waals surface area contributed by atoms with Crippen LogP contribution >= 0.6 is 11.6 Å². The number of halogens is 1. The van der Waals surface area contributed by atoms with E-state index in [0.29, 0.717) is 0 Å². The molecule has 0 atom stereocenters. The van der Waals surface area contributed by atoms with Crippen molar-refractivity contribution in [1.82, 2.24) is 9.97 Å². The summed E-state index contributed by atoms with van der Waals surface area (Å²) in [6.07, 6.45) is 2.96. The van der Waals surface area contributed by atoms with Gasteiger partial charge >= 0.3 is 0 Å². The molecule has 0 aliphatic heterocycles. The smallest absolute Gasteiger partial charge is 0.196 e. The Balaban J connectivity index is 2.99. The van der Waals surface area contributed by atoms with E-state index < -0.39 is 9.84 Å². The lowest BCUT2D eigenvalue weighted by Crippen LogP contribution is -2.10. The van der Waals surface area contributed by atoms with Gasteiger partial charge in [0.2, 0.25) is 0 Å². The SMILES string of the molecule is CCCc1cc(S(=O)(=O)CCCl)ncn1. The topological polar surface area (TPSA) is 59.9 Å². The molecule has 0 bridgehead atoms. The molecule has 0 aliphatic carbocycles. The van der Waals surface area contributed by atoms with Crippen LogP contribution in [0.3, 0.4) is 0 Å². The third kappa shape index (κ3) is 3.43. The minimum atomic E-state index is -3.33. The molecule has 0 saturated heterocycles. The fourth-order valence-electron chi connectivity index (χ4n) is 1.15. The molecule has 0 aliphatic rings. The molecule has 0 amide bonds. The van der Waals surface area contributed by atoms with Crippen molar-refractivity contribution in [2.45, 2.75) is 24.8 Å². The van der Waals surface area contributed by atoms with E-state index >= 15 is 0 Å². The first kappa shape index (κ1) is 12.4. The maximum Gasteiger partial charge on any atom is 0.196 e. The van der Waals surface area contributed by atoms with Crippen molar-refractivity contribution in [2.75, 3.05) is 11.6 Å². The van der Waals surface area contributed by atoms with Gasteiger partial charge in [-0.05, 0) is 12.5 Å². The summed E-state index contributed by atoms with van der Waals surface area (Å²) in [5.74, 6) is -0.00736. The Kier molecular flexibility index (Phi) is 4.47. The molecule has 0 radical (unpaired) electrons. The van der Waals surface area contributed by atoms with E-state index in [-0.39, 0.29) is 16.7 Å². The zero-order valence-corrected chi connectivity index (χ0v) is 10.1. The number of aryl methyl sites for hydroxylation is 1. The van der Waals surface area contributed by atoms with Crippen LogP contribution < -0.4 is 0 Å². The normalized spacial score (nSPS) is 11.6. The number of aromatic nitrogens is 2. The summed E-state index contributed by atoms with van der Waals surface area (Å²) >= 11 is 5.41. The van der Waals surface area contributed by atoms with Crippen LogP contribution in [-0.4, -0.2) is 30.0 Å². The van der Waals surface area contributed by atoms with E-state index in [2.05, 4.69) is 9.97 Å². The van der Waals surface area contributed by atoms with Gasteiger partial charge < -0.3 is 0 Å². The quantitative estimate of drug-likeness (QED) is 0.585. The first-order valence-corrected chi connectivity index (χ1v) is 6.88. The Morgan fingerprint density at radius 1 is 1.40 bits per heavy atom. The lowest BCUT2D eigenvalue weighted by molar-refractivity contribution is 0.592. The summed E-state index contributed by atoms with van der Waals surface area (Å²) in [6.45, 7) is 2.01. The molecule has 0 aromatic carbocycles. The first-order valence-electron chi connectivity index (χ1n) is 4.70. The average molecular weight is 249 g/mol. The molecular formula is C9H13ClN2O2S. The van der Waals surface area contributed by atoms with E-state index in [9.17, 15) is 8.42 Å². The molecular weight excluding hydrogens is 236 g/mol. The largest absolute Gasteiger partial charge is 0.241 e. The highest BCUT2D eigenvalue weighted by atomic mass is 35.5. The summed E-state index contributed by atoms with van der Waals surface area (Å²) in [5.41, 5.74) is 0.751. The molecule has 0 unspecified atom stereocenters. The molecule has 0 fully saturated rings. The maximum atomic E-state index is 11.6.